The van der Waals surface area contributed by atoms with Gasteiger partial charge in [0.25, 0.3) is 5.91 Å². The van der Waals surface area contributed by atoms with Crippen LogP contribution in [-0.4, -0.2) is 87.1 Å². The number of pyridine rings is 1. The molecular weight excluding hydrogens is 582 g/mol. The summed E-state index contributed by atoms with van der Waals surface area (Å²) in [5.41, 5.74) is 1.32. The second kappa shape index (κ2) is 12.7. The predicted octanol–water partition coefficient (Wildman–Crippen LogP) is 3.26. The number of likely N-dealkylation sites (tertiary alicyclic amines) is 2. The largest absolute Gasteiger partial charge is 0.496 e. The molecule has 4 aromatic rings. The number of tetrazole rings is 1. The fourth-order valence-corrected chi connectivity index (χ4v) is 6.67. The summed E-state index contributed by atoms with van der Waals surface area (Å²) in [6.45, 7) is 2.87. The number of methoxy groups -OCH3 is 1. The zero-order chi connectivity index (χ0) is 31.4. The van der Waals surface area contributed by atoms with Crippen molar-refractivity contribution in [2.75, 3.05) is 39.8 Å². The van der Waals surface area contributed by atoms with Crippen LogP contribution in [0.15, 0.2) is 67.1 Å². The lowest BCUT2D eigenvalue weighted by molar-refractivity contribution is -0.112. The van der Waals surface area contributed by atoms with E-state index in [-0.39, 0.29) is 5.91 Å². The van der Waals surface area contributed by atoms with Gasteiger partial charge >= 0.3 is 0 Å². The van der Waals surface area contributed by atoms with Gasteiger partial charge < -0.3 is 19.9 Å². The zero-order valence-electron chi connectivity index (χ0n) is 24.9. The topological polar surface area (TPSA) is 118 Å². The summed E-state index contributed by atoms with van der Waals surface area (Å²) in [5, 5.41) is 14.3. The fraction of sp³-hybridized carbons (Fsp3) is 0.375. The Hall–Kier alpha value is -4.78. The van der Waals surface area contributed by atoms with Crippen LogP contribution in [0.2, 0.25) is 0 Å². The molecule has 4 heterocycles. The molecule has 2 aliphatic heterocycles. The monoisotopic (exact) mass is 616 g/mol. The third-order valence-corrected chi connectivity index (χ3v) is 9.31. The summed E-state index contributed by atoms with van der Waals surface area (Å²) >= 11 is 0. The molecule has 0 spiro atoms. The van der Waals surface area contributed by atoms with Crippen LogP contribution < -0.4 is 10.1 Å². The molecule has 11 nitrogen and oxygen atoms in total. The quantitative estimate of drug-likeness (QED) is 0.270. The van der Waals surface area contributed by atoms with Crippen molar-refractivity contribution < 1.29 is 23.1 Å². The van der Waals surface area contributed by atoms with Gasteiger partial charge in [-0.15, -0.1) is 5.10 Å². The number of hydrogen-bond acceptors (Lipinski definition) is 8. The molecule has 6 rings (SSSR count). The SMILES string of the molecule is COc1ccc(-n2cnnn2)cc1C(=O)N1CCC(CCN2CCC(NC=O)(c3ccccn3)CC2)(c2ccc(F)c(F)c2)C1. The van der Waals surface area contributed by atoms with E-state index >= 15 is 0 Å². The van der Waals surface area contributed by atoms with Gasteiger partial charge in [-0.1, -0.05) is 12.1 Å². The van der Waals surface area contributed by atoms with Gasteiger partial charge in [0.05, 0.1) is 29.6 Å². The van der Waals surface area contributed by atoms with Gasteiger partial charge in [-0.05, 0) is 90.7 Å². The number of benzene rings is 2. The van der Waals surface area contributed by atoms with Crippen molar-refractivity contribution in [2.45, 2.75) is 36.6 Å². The van der Waals surface area contributed by atoms with Gasteiger partial charge in [-0.25, -0.2) is 13.5 Å². The van der Waals surface area contributed by atoms with Crippen LogP contribution in [0.1, 0.15) is 47.3 Å². The highest BCUT2D eigenvalue weighted by atomic mass is 19.2. The minimum Gasteiger partial charge on any atom is -0.496 e. The lowest BCUT2D eigenvalue weighted by Crippen LogP contribution is -2.51. The van der Waals surface area contributed by atoms with E-state index in [9.17, 15) is 18.4 Å². The molecule has 1 atom stereocenters. The normalized spacial score (nSPS) is 19.8. The number of aromatic nitrogens is 5. The molecule has 1 N–H and O–H groups in total. The minimum absolute atomic E-state index is 0.232. The van der Waals surface area contributed by atoms with Gasteiger partial charge in [-0.3, -0.25) is 14.6 Å². The second-order valence-electron chi connectivity index (χ2n) is 11.7. The first-order chi connectivity index (χ1) is 21.9. The van der Waals surface area contributed by atoms with E-state index in [4.69, 9.17) is 4.74 Å². The molecular formula is C32H34F2N8O3. The molecule has 0 radical (unpaired) electrons. The summed E-state index contributed by atoms with van der Waals surface area (Å²) in [5.74, 6) is -1.64. The summed E-state index contributed by atoms with van der Waals surface area (Å²) in [4.78, 5) is 34.1. The number of nitrogens with zero attached hydrogens (tertiary/aromatic N) is 7. The van der Waals surface area contributed by atoms with E-state index in [0.717, 1.165) is 31.3 Å². The highest BCUT2D eigenvalue weighted by molar-refractivity contribution is 5.97. The van der Waals surface area contributed by atoms with Crippen molar-refractivity contribution in [1.82, 2.24) is 40.3 Å². The molecule has 1 unspecified atom stereocenters. The lowest BCUT2D eigenvalue weighted by Gasteiger charge is -2.42. The third-order valence-electron chi connectivity index (χ3n) is 9.31. The maximum absolute atomic E-state index is 14.6. The number of amides is 2. The predicted molar refractivity (Wildman–Crippen MR) is 160 cm³/mol. The molecule has 2 aromatic carbocycles. The average molecular weight is 617 g/mol. The molecule has 0 bridgehead atoms. The molecule has 0 saturated carbocycles. The zero-order valence-corrected chi connectivity index (χ0v) is 24.9. The van der Waals surface area contributed by atoms with Crippen molar-refractivity contribution in [3.63, 3.8) is 0 Å². The first kappa shape index (κ1) is 30.3. The number of carbonyl (C=O) groups excluding carboxylic acids is 2. The van der Waals surface area contributed by atoms with Crippen molar-refractivity contribution >= 4 is 12.3 Å². The molecule has 2 amide bonds. The van der Waals surface area contributed by atoms with E-state index in [1.165, 1.54) is 24.2 Å². The summed E-state index contributed by atoms with van der Waals surface area (Å²) in [6, 6.07) is 14.9. The van der Waals surface area contributed by atoms with E-state index < -0.39 is 22.6 Å². The Morgan fingerprint density at radius 2 is 1.89 bits per heavy atom. The van der Waals surface area contributed by atoms with Gasteiger partial charge in [-0.2, -0.15) is 0 Å². The van der Waals surface area contributed by atoms with E-state index in [1.54, 1.807) is 35.4 Å². The molecule has 13 heteroatoms. The van der Waals surface area contributed by atoms with Gasteiger partial charge in [0.15, 0.2) is 11.6 Å². The Morgan fingerprint density at radius 1 is 1.04 bits per heavy atom. The van der Waals surface area contributed by atoms with Gasteiger partial charge in [0.2, 0.25) is 6.41 Å². The smallest absolute Gasteiger partial charge is 0.257 e. The maximum Gasteiger partial charge on any atom is 0.257 e. The van der Waals surface area contributed by atoms with E-state index in [2.05, 4.69) is 30.7 Å². The molecule has 2 saturated heterocycles. The number of piperidine rings is 1. The number of hydrogen-bond donors (Lipinski definition) is 1. The number of carbonyl (C=O) groups is 2. The molecule has 45 heavy (non-hydrogen) atoms. The number of ether oxygens (including phenoxy) is 1. The van der Waals surface area contributed by atoms with Crippen molar-refractivity contribution in [2.24, 2.45) is 0 Å². The summed E-state index contributed by atoms with van der Waals surface area (Å²) in [7, 11) is 1.50. The average Bonchev–Trinajstić information content (AvgIpc) is 3.78. The van der Waals surface area contributed by atoms with Crippen LogP contribution in [0.4, 0.5) is 8.78 Å². The van der Waals surface area contributed by atoms with Crippen LogP contribution in [0.5, 0.6) is 5.75 Å². The highest BCUT2D eigenvalue weighted by Gasteiger charge is 2.43. The number of nitrogens with one attached hydrogen (secondary N) is 1. The lowest BCUT2D eigenvalue weighted by atomic mass is 9.76. The third kappa shape index (κ3) is 5.99. The van der Waals surface area contributed by atoms with Crippen molar-refractivity contribution in [3.8, 4) is 11.4 Å². The Bertz CT molecular complexity index is 1650. The molecule has 234 valence electrons. The maximum atomic E-state index is 14.6. The van der Waals surface area contributed by atoms with Gasteiger partial charge in [0, 0.05) is 37.8 Å². The highest BCUT2D eigenvalue weighted by Crippen LogP contribution is 2.41. The Balaban J connectivity index is 1.22. The van der Waals surface area contributed by atoms with Crippen LogP contribution in [-0.2, 0) is 15.7 Å². The number of rotatable bonds is 10. The Kier molecular flexibility index (Phi) is 8.52. The van der Waals surface area contributed by atoms with Crippen LogP contribution in [0.3, 0.4) is 0 Å². The second-order valence-corrected chi connectivity index (χ2v) is 11.7. The first-order valence-corrected chi connectivity index (χ1v) is 14.9. The minimum atomic E-state index is -0.912. The standard InChI is InChI=1S/C32H34F2N8O3/c1-45-28-8-6-24(42-21-37-38-39-42)19-25(28)30(44)41-17-10-31(20-41,23-5-7-26(33)27(34)18-23)9-14-40-15-11-32(12-16-40,36-22-43)29-4-2-3-13-35-29/h2-8,13,18-19,21-22H,9-12,14-17,20H2,1H3,(H,36,43). The van der Waals surface area contributed by atoms with Crippen LogP contribution in [0.25, 0.3) is 5.69 Å². The molecule has 2 aliphatic rings. The summed E-state index contributed by atoms with van der Waals surface area (Å²) < 4.78 is 35.6. The van der Waals surface area contributed by atoms with E-state index in [0.29, 0.717) is 67.9 Å². The van der Waals surface area contributed by atoms with E-state index in [1.807, 2.05) is 18.2 Å². The Labute approximate surface area is 259 Å². The molecule has 0 aliphatic carbocycles. The van der Waals surface area contributed by atoms with Crippen LogP contribution in [0, 0.1) is 11.6 Å². The van der Waals surface area contributed by atoms with Crippen molar-refractivity contribution in [1.29, 1.82) is 0 Å². The summed E-state index contributed by atoms with van der Waals surface area (Å²) in [6.07, 6.45) is 6.48. The van der Waals surface area contributed by atoms with Crippen LogP contribution >= 0.6 is 0 Å². The van der Waals surface area contributed by atoms with Gasteiger partial charge in [0.1, 0.15) is 12.1 Å². The molecule has 2 aromatic heterocycles. The molecule has 2 fully saturated rings. The fourth-order valence-electron chi connectivity index (χ4n) is 6.67. The number of halogens is 2. The first-order valence-electron chi connectivity index (χ1n) is 14.9. The Morgan fingerprint density at radius 3 is 2.58 bits per heavy atom. The van der Waals surface area contributed by atoms with Crippen molar-refractivity contribution in [3.05, 3.63) is 95.6 Å².